The number of amides is 1. The van der Waals surface area contributed by atoms with Crippen molar-refractivity contribution in [1.82, 2.24) is 9.80 Å². The summed E-state index contributed by atoms with van der Waals surface area (Å²) in [5, 5.41) is 0. The van der Waals surface area contributed by atoms with Gasteiger partial charge >= 0.3 is 0 Å². The number of hydrogen-bond acceptors (Lipinski definition) is 4. The lowest BCUT2D eigenvalue weighted by atomic mass is 10.1. The normalized spacial score (nSPS) is 15.7. The number of likely N-dealkylation sites (N-methyl/N-ethyl adjacent to an activating group) is 1. The Morgan fingerprint density at radius 1 is 1.00 bits per heavy atom. The maximum Gasteiger partial charge on any atom is 0.261 e. The fraction of sp³-hybridized carbons (Fsp3) is 0.278. The van der Waals surface area contributed by atoms with Gasteiger partial charge in [0.2, 0.25) is 0 Å². The molecule has 0 radical (unpaired) electrons. The van der Waals surface area contributed by atoms with Crippen LogP contribution in [0.1, 0.15) is 10.4 Å². The number of nitrogens with one attached hydrogen (secondary N) is 1. The molecule has 1 aliphatic heterocycles. The van der Waals surface area contributed by atoms with E-state index in [1.807, 2.05) is 7.05 Å². The first-order valence-corrected chi connectivity index (χ1v) is 10.5. The van der Waals surface area contributed by atoms with E-state index in [0.29, 0.717) is 24.3 Å². The van der Waals surface area contributed by atoms with Gasteiger partial charge in [-0.3, -0.25) is 9.52 Å². The summed E-state index contributed by atoms with van der Waals surface area (Å²) >= 11 is 3.29. The first-order valence-electron chi connectivity index (χ1n) is 8.22. The van der Waals surface area contributed by atoms with E-state index >= 15 is 0 Å². The molecule has 1 fully saturated rings. The van der Waals surface area contributed by atoms with Crippen LogP contribution in [-0.2, 0) is 10.0 Å². The number of hydrogen-bond donors (Lipinski definition) is 1. The monoisotopic (exact) mass is 437 g/mol. The zero-order chi connectivity index (χ0) is 18.7. The molecule has 0 saturated carbocycles. The molecule has 8 heteroatoms. The van der Waals surface area contributed by atoms with Gasteiger partial charge in [0.05, 0.1) is 16.1 Å². The van der Waals surface area contributed by atoms with Crippen molar-refractivity contribution in [3.8, 4) is 0 Å². The third-order valence-corrected chi connectivity index (χ3v) is 6.23. The number of nitrogens with zero attached hydrogens (tertiary/aromatic N) is 2. The molecule has 2 aromatic carbocycles. The Kier molecular flexibility index (Phi) is 5.64. The van der Waals surface area contributed by atoms with Crippen LogP contribution in [0.4, 0.5) is 5.69 Å². The zero-order valence-electron chi connectivity index (χ0n) is 14.4. The van der Waals surface area contributed by atoms with E-state index in [1.54, 1.807) is 41.3 Å². The molecular formula is C18H20BrN3O3S. The third-order valence-electron chi connectivity index (χ3n) is 4.32. The van der Waals surface area contributed by atoms with Gasteiger partial charge in [-0.15, -0.1) is 0 Å². The number of piperazine rings is 1. The van der Waals surface area contributed by atoms with E-state index in [2.05, 4.69) is 25.6 Å². The number of para-hydroxylation sites is 1. The summed E-state index contributed by atoms with van der Waals surface area (Å²) in [6.45, 7) is 2.86. The maximum atomic E-state index is 12.9. The van der Waals surface area contributed by atoms with Gasteiger partial charge in [-0.05, 0) is 43.4 Å². The third kappa shape index (κ3) is 4.25. The SMILES string of the molecule is CN1CCN(C(=O)c2ccccc2NS(=O)(=O)c2ccc(Br)cc2)CC1. The number of carbonyl (C=O) groups is 1. The second-order valence-electron chi connectivity index (χ2n) is 6.20. The molecule has 6 nitrogen and oxygen atoms in total. The van der Waals surface area contributed by atoms with E-state index in [4.69, 9.17) is 0 Å². The minimum Gasteiger partial charge on any atom is -0.336 e. The van der Waals surface area contributed by atoms with Crippen molar-refractivity contribution in [2.45, 2.75) is 4.90 Å². The Balaban J connectivity index is 1.85. The number of anilines is 1. The predicted molar refractivity (Wildman–Crippen MR) is 105 cm³/mol. The minimum atomic E-state index is -3.78. The topological polar surface area (TPSA) is 69.7 Å². The van der Waals surface area contributed by atoms with Crippen LogP contribution in [0.2, 0.25) is 0 Å². The van der Waals surface area contributed by atoms with Gasteiger partial charge in [-0.25, -0.2) is 8.42 Å². The molecule has 1 heterocycles. The highest BCUT2D eigenvalue weighted by atomic mass is 79.9. The summed E-state index contributed by atoms with van der Waals surface area (Å²) in [6.07, 6.45) is 0. The van der Waals surface area contributed by atoms with Crippen molar-refractivity contribution >= 4 is 37.5 Å². The Labute approximate surface area is 162 Å². The fourth-order valence-electron chi connectivity index (χ4n) is 2.76. The fourth-order valence-corrected chi connectivity index (χ4v) is 4.10. The Morgan fingerprint density at radius 3 is 2.27 bits per heavy atom. The molecule has 0 unspecified atom stereocenters. The van der Waals surface area contributed by atoms with Crippen molar-refractivity contribution in [2.75, 3.05) is 37.9 Å². The first kappa shape index (κ1) is 18.9. The van der Waals surface area contributed by atoms with Crippen molar-refractivity contribution in [3.05, 3.63) is 58.6 Å². The van der Waals surface area contributed by atoms with Crippen LogP contribution in [0.15, 0.2) is 57.9 Å². The molecule has 1 saturated heterocycles. The molecule has 0 spiro atoms. The van der Waals surface area contributed by atoms with E-state index < -0.39 is 10.0 Å². The first-order chi connectivity index (χ1) is 12.4. The van der Waals surface area contributed by atoms with Gasteiger partial charge in [0.1, 0.15) is 0 Å². The van der Waals surface area contributed by atoms with Gasteiger partial charge in [-0.1, -0.05) is 28.1 Å². The van der Waals surface area contributed by atoms with E-state index in [1.165, 1.54) is 12.1 Å². The van der Waals surface area contributed by atoms with Crippen LogP contribution >= 0.6 is 15.9 Å². The van der Waals surface area contributed by atoms with Gasteiger partial charge < -0.3 is 9.80 Å². The number of rotatable bonds is 4. The van der Waals surface area contributed by atoms with Crippen molar-refractivity contribution in [2.24, 2.45) is 0 Å². The van der Waals surface area contributed by atoms with Gasteiger partial charge in [0, 0.05) is 30.7 Å². The van der Waals surface area contributed by atoms with E-state index in [9.17, 15) is 13.2 Å². The predicted octanol–water partition coefficient (Wildman–Crippen LogP) is 2.64. The molecule has 1 aliphatic rings. The van der Waals surface area contributed by atoms with Crippen molar-refractivity contribution in [1.29, 1.82) is 0 Å². The second-order valence-corrected chi connectivity index (χ2v) is 8.80. The summed E-state index contributed by atoms with van der Waals surface area (Å²) in [5.41, 5.74) is 0.650. The molecule has 138 valence electrons. The number of halogens is 1. The zero-order valence-corrected chi connectivity index (χ0v) is 16.8. The molecule has 26 heavy (non-hydrogen) atoms. The van der Waals surface area contributed by atoms with Crippen LogP contribution in [-0.4, -0.2) is 57.4 Å². The molecule has 3 rings (SSSR count). The summed E-state index contributed by atoms with van der Waals surface area (Å²) in [7, 11) is -1.76. The maximum absolute atomic E-state index is 12.9. The number of carbonyl (C=O) groups excluding carboxylic acids is 1. The van der Waals surface area contributed by atoms with Crippen molar-refractivity contribution < 1.29 is 13.2 Å². The highest BCUT2D eigenvalue weighted by Crippen LogP contribution is 2.23. The molecule has 0 bridgehead atoms. The minimum absolute atomic E-state index is 0.141. The quantitative estimate of drug-likeness (QED) is 0.797. The van der Waals surface area contributed by atoms with Gasteiger partial charge in [-0.2, -0.15) is 0 Å². The lowest BCUT2D eigenvalue weighted by Gasteiger charge is -2.32. The molecule has 2 aromatic rings. The molecular weight excluding hydrogens is 418 g/mol. The van der Waals surface area contributed by atoms with E-state index in [0.717, 1.165) is 17.6 Å². The highest BCUT2D eigenvalue weighted by Gasteiger charge is 2.24. The smallest absolute Gasteiger partial charge is 0.261 e. The Morgan fingerprint density at radius 2 is 1.62 bits per heavy atom. The van der Waals surface area contributed by atoms with Crippen LogP contribution in [0, 0.1) is 0 Å². The molecule has 0 aromatic heterocycles. The van der Waals surface area contributed by atoms with Gasteiger partial charge in [0.15, 0.2) is 0 Å². The largest absolute Gasteiger partial charge is 0.336 e. The Bertz CT molecular complexity index is 892. The summed E-state index contributed by atoms with van der Waals surface area (Å²) < 4.78 is 28.6. The summed E-state index contributed by atoms with van der Waals surface area (Å²) in [4.78, 5) is 16.9. The molecule has 1 amide bonds. The van der Waals surface area contributed by atoms with Crippen LogP contribution < -0.4 is 4.72 Å². The number of sulfonamides is 1. The lowest BCUT2D eigenvalue weighted by Crippen LogP contribution is -2.47. The molecule has 0 aliphatic carbocycles. The molecule has 0 atom stereocenters. The second kappa shape index (κ2) is 7.77. The van der Waals surface area contributed by atoms with E-state index in [-0.39, 0.29) is 10.8 Å². The molecule has 1 N–H and O–H groups in total. The Hall–Kier alpha value is -1.90. The van der Waals surface area contributed by atoms with Gasteiger partial charge in [0.25, 0.3) is 15.9 Å². The number of benzene rings is 2. The summed E-state index contributed by atoms with van der Waals surface area (Å²) in [5.74, 6) is -0.160. The average Bonchev–Trinajstić information content (AvgIpc) is 2.62. The van der Waals surface area contributed by atoms with Crippen LogP contribution in [0.25, 0.3) is 0 Å². The average molecular weight is 438 g/mol. The highest BCUT2D eigenvalue weighted by molar-refractivity contribution is 9.10. The van der Waals surface area contributed by atoms with Crippen LogP contribution in [0.3, 0.4) is 0 Å². The standard InChI is InChI=1S/C18H20BrN3O3S/c1-21-10-12-22(13-11-21)18(23)16-4-2-3-5-17(16)20-26(24,25)15-8-6-14(19)7-9-15/h2-9,20H,10-13H2,1H3. The lowest BCUT2D eigenvalue weighted by molar-refractivity contribution is 0.0665. The summed E-state index contributed by atoms with van der Waals surface area (Å²) in [6, 6.07) is 13.1. The van der Waals surface area contributed by atoms with Crippen molar-refractivity contribution in [3.63, 3.8) is 0 Å². The van der Waals surface area contributed by atoms with Crippen LogP contribution in [0.5, 0.6) is 0 Å².